The molecule has 1 fully saturated rings. The number of nitrogens with one attached hydrogen (secondary N) is 1. The van der Waals surface area contributed by atoms with Gasteiger partial charge in [-0.15, -0.1) is 0 Å². The van der Waals surface area contributed by atoms with Gasteiger partial charge >= 0.3 is 0 Å². The molecule has 156 valence electrons. The summed E-state index contributed by atoms with van der Waals surface area (Å²) >= 11 is 6.36. The van der Waals surface area contributed by atoms with Gasteiger partial charge in [0.2, 0.25) is 5.55 Å². The Hall–Kier alpha value is -2.83. The van der Waals surface area contributed by atoms with Crippen molar-refractivity contribution in [2.75, 3.05) is 20.3 Å². The van der Waals surface area contributed by atoms with Crippen molar-refractivity contribution in [3.05, 3.63) is 64.2 Å². The number of aryl methyl sites for hydroxylation is 1. The van der Waals surface area contributed by atoms with Crippen LogP contribution in [0.5, 0.6) is 5.75 Å². The Balaban J connectivity index is 1.81. The van der Waals surface area contributed by atoms with E-state index in [-0.39, 0.29) is 17.6 Å². The number of benzene rings is 2. The quantitative estimate of drug-likeness (QED) is 0.649. The molecule has 7 heteroatoms. The average molecular weight is 427 g/mol. The molecule has 1 aliphatic rings. The number of hydrogen-bond acceptors (Lipinski definition) is 5. The van der Waals surface area contributed by atoms with Crippen LogP contribution in [0.15, 0.2) is 51.9 Å². The lowest BCUT2D eigenvalue weighted by molar-refractivity contribution is 0.0854. The van der Waals surface area contributed by atoms with E-state index < -0.39 is 0 Å². The van der Waals surface area contributed by atoms with Crippen LogP contribution >= 0.6 is 11.6 Å². The molecular weight excluding hydrogens is 404 g/mol. The van der Waals surface area contributed by atoms with Gasteiger partial charge in [-0.3, -0.25) is 4.79 Å². The van der Waals surface area contributed by atoms with E-state index >= 15 is 0 Å². The van der Waals surface area contributed by atoms with Crippen molar-refractivity contribution in [3.8, 4) is 5.75 Å². The van der Waals surface area contributed by atoms with E-state index in [4.69, 9.17) is 25.5 Å². The van der Waals surface area contributed by atoms with E-state index in [0.29, 0.717) is 34.2 Å². The van der Waals surface area contributed by atoms with Crippen molar-refractivity contribution in [1.29, 1.82) is 0 Å². The van der Waals surface area contributed by atoms with Crippen LogP contribution < -0.4 is 15.6 Å². The molecule has 1 amide bonds. The lowest BCUT2D eigenvalue weighted by Crippen LogP contribution is -2.34. The van der Waals surface area contributed by atoms with Crippen molar-refractivity contribution >= 4 is 34.2 Å². The summed E-state index contributed by atoms with van der Waals surface area (Å²) in [5.41, 5.74) is 2.55. The maximum atomic E-state index is 13.0. The molecule has 1 saturated heterocycles. The highest BCUT2D eigenvalue weighted by atomic mass is 35.5. The maximum absolute atomic E-state index is 13.0. The van der Waals surface area contributed by atoms with Crippen LogP contribution in [0.3, 0.4) is 0 Å². The molecule has 1 unspecified atom stereocenters. The van der Waals surface area contributed by atoms with Crippen LogP contribution in [-0.2, 0) is 4.74 Å². The van der Waals surface area contributed by atoms with E-state index in [1.54, 1.807) is 25.3 Å². The zero-order valence-electron chi connectivity index (χ0n) is 16.9. The maximum Gasteiger partial charge on any atom is 0.256 e. The van der Waals surface area contributed by atoms with Crippen molar-refractivity contribution in [3.63, 3.8) is 0 Å². The van der Waals surface area contributed by atoms with Crippen LogP contribution in [0.2, 0.25) is 5.02 Å². The summed E-state index contributed by atoms with van der Waals surface area (Å²) < 4.78 is 17.1. The highest BCUT2D eigenvalue weighted by Crippen LogP contribution is 2.27. The molecule has 4 rings (SSSR count). The number of fused-ring (bicyclic) bond motifs is 1. The summed E-state index contributed by atoms with van der Waals surface area (Å²) in [7, 11) is 1.57. The Kier molecular flexibility index (Phi) is 6.06. The summed E-state index contributed by atoms with van der Waals surface area (Å²) in [5.74, 6) is 0.284. The lowest BCUT2D eigenvalue weighted by atomic mass is 10.1. The molecule has 2 heterocycles. The van der Waals surface area contributed by atoms with Gasteiger partial charge in [0.25, 0.3) is 5.91 Å². The third-order valence-electron chi connectivity index (χ3n) is 5.04. The molecule has 1 N–H and O–H groups in total. The molecule has 1 aromatic heterocycles. The zero-order valence-corrected chi connectivity index (χ0v) is 17.7. The molecule has 30 heavy (non-hydrogen) atoms. The second kappa shape index (κ2) is 8.90. The molecular formula is C23H23ClN2O4. The number of ether oxygens (including phenoxy) is 2. The number of methoxy groups -OCH3 is 1. The Morgan fingerprint density at radius 3 is 2.90 bits per heavy atom. The van der Waals surface area contributed by atoms with Gasteiger partial charge in [-0.05, 0) is 49.6 Å². The number of amides is 1. The molecule has 2 aromatic carbocycles. The minimum atomic E-state index is -0.277. The molecule has 0 saturated carbocycles. The second-order valence-electron chi connectivity index (χ2n) is 7.26. The summed E-state index contributed by atoms with van der Waals surface area (Å²) in [5, 5.41) is 4.16. The van der Waals surface area contributed by atoms with E-state index in [1.165, 1.54) is 0 Å². The smallest absolute Gasteiger partial charge is 0.256 e. The van der Waals surface area contributed by atoms with Crippen LogP contribution in [-0.4, -0.2) is 32.3 Å². The van der Waals surface area contributed by atoms with Gasteiger partial charge < -0.3 is 19.2 Å². The first kappa shape index (κ1) is 20.4. The number of rotatable bonds is 5. The van der Waals surface area contributed by atoms with E-state index in [9.17, 15) is 4.79 Å². The Morgan fingerprint density at radius 2 is 2.17 bits per heavy atom. The second-order valence-corrected chi connectivity index (χ2v) is 7.66. The number of hydrogen-bond donors (Lipinski definition) is 1. The highest BCUT2D eigenvalue weighted by molar-refractivity contribution is 6.33. The van der Waals surface area contributed by atoms with Gasteiger partial charge in [-0.25, -0.2) is 4.99 Å². The number of halogens is 1. The minimum absolute atomic E-state index is 0.0402. The number of para-hydroxylation sites is 1. The largest absolute Gasteiger partial charge is 0.493 e. The Labute approximate surface area is 179 Å². The van der Waals surface area contributed by atoms with E-state index in [0.717, 1.165) is 30.4 Å². The predicted molar refractivity (Wildman–Crippen MR) is 115 cm³/mol. The van der Waals surface area contributed by atoms with Crippen LogP contribution in [0.4, 0.5) is 5.69 Å². The SMILES string of the molecule is COc1cccc2cc(C(=O)NCC3CCCO3)c(=Nc3ccc(C)cc3Cl)oc12. The van der Waals surface area contributed by atoms with Gasteiger partial charge in [-0.1, -0.05) is 29.8 Å². The Bertz CT molecular complexity index is 1150. The first-order valence-electron chi connectivity index (χ1n) is 9.86. The molecule has 0 aliphatic carbocycles. The number of carbonyl (C=O) groups excluding carboxylic acids is 1. The molecule has 1 atom stereocenters. The normalized spacial score (nSPS) is 16.8. The zero-order chi connectivity index (χ0) is 21.1. The summed E-state index contributed by atoms with van der Waals surface area (Å²) in [6, 6.07) is 12.8. The van der Waals surface area contributed by atoms with Crippen LogP contribution in [0, 0.1) is 6.92 Å². The summed E-state index contributed by atoms with van der Waals surface area (Å²) in [6.07, 6.45) is 1.99. The molecule has 0 bridgehead atoms. The fourth-order valence-electron chi connectivity index (χ4n) is 3.45. The van der Waals surface area contributed by atoms with Crippen molar-refractivity contribution < 1.29 is 18.7 Å². The minimum Gasteiger partial charge on any atom is -0.493 e. The van der Waals surface area contributed by atoms with Gasteiger partial charge in [0.1, 0.15) is 5.56 Å². The summed E-state index contributed by atoms with van der Waals surface area (Å²) in [4.78, 5) is 17.6. The highest BCUT2D eigenvalue weighted by Gasteiger charge is 2.19. The number of carbonyl (C=O) groups is 1. The molecule has 1 aliphatic heterocycles. The van der Waals surface area contributed by atoms with E-state index in [2.05, 4.69) is 10.3 Å². The fraction of sp³-hybridized carbons (Fsp3) is 0.304. The number of nitrogens with zero attached hydrogens (tertiary/aromatic N) is 1. The fourth-order valence-corrected chi connectivity index (χ4v) is 3.73. The van der Waals surface area contributed by atoms with E-state index in [1.807, 2.05) is 31.2 Å². The molecule has 0 radical (unpaired) electrons. The first-order chi connectivity index (χ1) is 14.5. The molecule has 0 spiro atoms. The third-order valence-corrected chi connectivity index (χ3v) is 5.35. The van der Waals surface area contributed by atoms with Crippen molar-refractivity contribution in [2.45, 2.75) is 25.9 Å². The van der Waals surface area contributed by atoms with Gasteiger partial charge in [-0.2, -0.15) is 0 Å². The standard InChI is InChI=1S/C23H23ClN2O4/c1-14-8-9-19(18(24)11-14)26-23-17(22(27)25-13-16-6-4-10-29-16)12-15-5-3-7-20(28-2)21(15)30-23/h3,5,7-9,11-12,16H,4,6,10,13H2,1-2H3,(H,25,27). The van der Waals surface area contributed by atoms with Crippen molar-refractivity contribution in [1.82, 2.24) is 5.32 Å². The average Bonchev–Trinajstić information content (AvgIpc) is 3.26. The van der Waals surface area contributed by atoms with Crippen LogP contribution in [0.25, 0.3) is 11.0 Å². The summed E-state index contributed by atoms with van der Waals surface area (Å²) in [6.45, 7) is 3.13. The van der Waals surface area contributed by atoms with Crippen molar-refractivity contribution in [2.24, 2.45) is 4.99 Å². The van der Waals surface area contributed by atoms with Gasteiger partial charge in [0.05, 0.1) is 23.9 Å². The van der Waals surface area contributed by atoms with Gasteiger partial charge in [0.15, 0.2) is 11.3 Å². The monoisotopic (exact) mass is 426 g/mol. The lowest BCUT2D eigenvalue weighted by Gasteiger charge is -2.12. The molecule has 3 aromatic rings. The predicted octanol–water partition coefficient (Wildman–Crippen LogP) is 4.54. The van der Waals surface area contributed by atoms with Crippen LogP contribution in [0.1, 0.15) is 28.8 Å². The Morgan fingerprint density at radius 1 is 1.30 bits per heavy atom. The molecule has 6 nitrogen and oxygen atoms in total. The third kappa shape index (κ3) is 4.35. The topological polar surface area (TPSA) is 73.1 Å². The van der Waals surface area contributed by atoms with Gasteiger partial charge in [0, 0.05) is 18.5 Å². The first-order valence-corrected chi connectivity index (χ1v) is 10.2.